The van der Waals surface area contributed by atoms with E-state index in [9.17, 15) is 0 Å². The Morgan fingerprint density at radius 3 is 1.09 bits per heavy atom. The molecule has 6 aromatic heterocycles. The zero-order chi connectivity index (χ0) is 65.8. The van der Waals surface area contributed by atoms with Crippen molar-refractivity contribution in [2.24, 2.45) is 0 Å². The first-order chi connectivity index (χ1) is 49.5. The molecule has 0 amide bonds. The average Bonchev–Trinajstić information content (AvgIpc) is 1.57. The lowest BCUT2D eigenvalue weighted by Gasteiger charge is -2.13. The van der Waals surface area contributed by atoms with Crippen molar-refractivity contribution in [3.05, 3.63) is 315 Å². The van der Waals surface area contributed by atoms with E-state index in [0.29, 0.717) is 34.9 Å². The summed E-state index contributed by atoms with van der Waals surface area (Å²) in [6.07, 6.45) is 0. The van der Waals surface area contributed by atoms with E-state index < -0.39 is 0 Å². The van der Waals surface area contributed by atoms with Crippen molar-refractivity contribution < 1.29 is 17.7 Å². The maximum Gasteiger partial charge on any atom is 0.164 e. The third kappa shape index (κ3) is 9.72. The first kappa shape index (κ1) is 56.6. The Morgan fingerprint density at radius 2 is 0.500 bits per heavy atom. The largest absolute Gasteiger partial charge is 0.456 e. The number of nitrogens with zero attached hydrogens (tertiary/aromatic N) is 6. The van der Waals surface area contributed by atoms with Gasteiger partial charge in [-0.25, -0.2) is 29.9 Å². The van der Waals surface area contributed by atoms with Gasteiger partial charge in [-0.1, -0.05) is 255 Å². The summed E-state index contributed by atoms with van der Waals surface area (Å²) in [5, 5.41) is 8.24. The Labute approximate surface area is 571 Å². The van der Waals surface area contributed by atoms with Gasteiger partial charge in [0.15, 0.2) is 34.9 Å². The lowest BCUT2D eigenvalue weighted by atomic mass is 9.93. The minimum absolute atomic E-state index is 0.565. The first-order valence-corrected chi connectivity index (χ1v) is 33.3. The third-order valence-corrected chi connectivity index (χ3v) is 19.2. The van der Waals surface area contributed by atoms with Crippen LogP contribution in [0.15, 0.2) is 333 Å². The lowest BCUT2D eigenvalue weighted by Crippen LogP contribution is -2.00. The zero-order valence-corrected chi connectivity index (χ0v) is 53.3. The van der Waals surface area contributed by atoms with Gasteiger partial charge in [0, 0.05) is 99.7 Å². The van der Waals surface area contributed by atoms with Crippen molar-refractivity contribution in [1.82, 2.24) is 29.9 Å². The van der Waals surface area contributed by atoms with Gasteiger partial charge in [0.2, 0.25) is 0 Å². The van der Waals surface area contributed by atoms with Crippen LogP contribution in [0.25, 0.3) is 212 Å². The summed E-state index contributed by atoms with van der Waals surface area (Å²) in [6.45, 7) is 0. The molecule has 0 saturated heterocycles. The maximum atomic E-state index is 6.88. The molecule has 20 aromatic rings. The van der Waals surface area contributed by atoms with Gasteiger partial charge in [-0.15, -0.1) is 0 Å². The van der Waals surface area contributed by atoms with Gasteiger partial charge in [-0.2, -0.15) is 0 Å². The molecule has 10 heteroatoms. The Balaban J connectivity index is 0.621. The molecule has 10 nitrogen and oxygen atoms in total. The van der Waals surface area contributed by atoms with Gasteiger partial charge in [0.1, 0.15) is 44.7 Å². The summed E-state index contributed by atoms with van der Waals surface area (Å²) < 4.78 is 26.6. The SMILES string of the molecule is c1ccc(-c2cc(-c3nc(-c4ccccc4)nc(-c4ccccc4)n3)cc(-c3cccc4oc5cc6oc7c(-c8ccc(-c9ccc(-c%10nc(-c%11ccccc%11)nc(-c%11cccc(-c%12cccc%13c%12oc%12cc%14oc%15ccccc%15c%14cc%12%13)c%11)n%10)cc9)cc8)cccc7c6cc5c34)c2)cc1. The number of rotatable bonds is 11. The predicted molar refractivity (Wildman–Crippen MR) is 402 cm³/mol. The zero-order valence-electron chi connectivity index (χ0n) is 53.3. The van der Waals surface area contributed by atoms with E-state index >= 15 is 0 Å². The van der Waals surface area contributed by atoms with E-state index in [0.717, 1.165) is 177 Å². The molecule has 0 N–H and O–H groups in total. The van der Waals surface area contributed by atoms with Crippen LogP contribution in [0.5, 0.6) is 0 Å². The third-order valence-electron chi connectivity index (χ3n) is 19.2. The number of benzene rings is 14. The summed E-state index contributed by atoms with van der Waals surface area (Å²) in [4.78, 5) is 30.7. The van der Waals surface area contributed by atoms with Crippen LogP contribution in [-0.4, -0.2) is 29.9 Å². The van der Waals surface area contributed by atoms with Crippen molar-refractivity contribution in [2.45, 2.75) is 0 Å². The van der Waals surface area contributed by atoms with E-state index in [1.807, 2.05) is 133 Å². The molecule has 0 atom stereocenters. The second kappa shape index (κ2) is 23.0. The van der Waals surface area contributed by atoms with Crippen LogP contribution in [-0.2, 0) is 0 Å². The summed E-state index contributed by atoms with van der Waals surface area (Å²) in [5.74, 6) is 3.51. The number of hydrogen-bond donors (Lipinski definition) is 0. The van der Waals surface area contributed by atoms with E-state index in [4.69, 9.17) is 47.6 Å². The Bertz CT molecular complexity index is 6560. The second-order valence-corrected chi connectivity index (χ2v) is 25.2. The molecule has 100 heavy (non-hydrogen) atoms. The van der Waals surface area contributed by atoms with Crippen molar-refractivity contribution in [1.29, 1.82) is 0 Å². The van der Waals surface area contributed by atoms with E-state index in [2.05, 4.69) is 182 Å². The van der Waals surface area contributed by atoms with Crippen molar-refractivity contribution in [3.8, 4) is 124 Å². The standard InChI is InChI=1S/C90H52N6O4/c1-5-19-53(20-6-1)63-46-64(48-65(47-63)90-95-86(58-23-9-3-10-24-58)91-87(96-90)59-25-11-4-12-26-59)66-30-18-36-77-82(66)75-50-74-71-33-16-31-67(83(71)99-80(74)52-81(75)98-77)56-41-37-54(38-42-56)55-39-43-60(44-40-55)88-92-85(57-21-7-2-8-22-57)93-89(94-88)62-28-15-27-61(45-62)68-32-17-34-70-73-49-72-69-29-13-14-35-76(69)97-78(72)51-79(73)100-84(68)70/h1-52H. The van der Waals surface area contributed by atoms with Crippen LogP contribution >= 0.6 is 0 Å². The van der Waals surface area contributed by atoms with Crippen molar-refractivity contribution in [3.63, 3.8) is 0 Å². The van der Waals surface area contributed by atoms with Gasteiger partial charge < -0.3 is 17.7 Å². The quantitative estimate of drug-likeness (QED) is 0.123. The van der Waals surface area contributed by atoms with Gasteiger partial charge in [-0.3, -0.25) is 0 Å². The summed E-state index contributed by atoms with van der Waals surface area (Å²) in [5.41, 5.74) is 21.9. The number of fused-ring (bicyclic) bond motifs is 12. The monoisotopic (exact) mass is 1280 g/mol. The number of aromatic nitrogens is 6. The van der Waals surface area contributed by atoms with Crippen LogP contribution in [0.1, 0.15) is 0 Å². The molecule has 0 aliphatic heterocycles. The number of para-hydroxylation sites is 3. The lowest BCUT2D eigenvalue weighted by molar-refractivity contribution is 0.656. The van der Waals surface area contributed by atoms with Crippen LogP contribution in [0.4, 0.5) is 0 Å². The molecule has 0 saturated carbocycles. The highest BCUT2D eigenvalue weighted by atomic mass is 16.4. The van der Waals surface area contributed by atoms with Gasteiger partial charge in [0.25, 0.3) is 0 Å². The van der Waals surface area contributed by atoms with Crippen LogP contribution in [0.3, 0.4) is 0 Å². The molecule has 0 bridgehead atoms. The molecular weight excluding hydrogens is 1230 g/mol. The van der Waals surface area contributed by atoms with E-state index in [1.165, 1.54) is 0 Å². The van der Waals surface area contributed by atoms with Gasteiger partial charge in [-0.05, 0) is 93.0 Å². The van der Waals surface area contributed by atoms with Crippen molar-refractivity contribution >= 4 is 87.8 Å². The minimum Gasteiger partial charge on any atom is -0.456 e. The van der Waals surface area contributed by atoms with E-state index in [-0.39, 0.29) is 0 Å². The predicted octanol–water partition coefficient (Wildman–Crippen LogP) is 24.0. The summed E-state index contributed by atoms with van der Waals surface area (Å²) in [7, 11) is 0. The first-order valence-electron chi connectivity index (χ1n) is 33.3. The summed E-state index contributed by atoms with van der Waals surface area (Å²) in [6, 6.07) is 108. The smallest absolute Gasteiger partial charge is 0.164 e. The fraction of sp³-hybridized carbons (Fsp3) is 0. The summed E-state index contributed by atoms with van der Waals surface area (Å²) >= 11 is 0. The number of furan rings is 4. The number of hydrogen-bond acceptors (Lipinski definition) is 10. The molecule has 6 heterocycles. The highest BCUT2D eigenvalue weighted by Crippen LogP contribution is 2.46. The van der Waals surface area contributed by atoms with Gasteiger partial charge in [0.05, 0.1) is 0 Å². The minimum atomic E-state index is 0.565. The highest BCUT2D eigenvalue weighted by Gasteiger charge is 2.23. The molecule has 466 valence electrons. The molecule has 14 aromatic carbocycles. The Hall–Kier alpha value is -13.7. The molecule has 0 spiro atoms. The fourth-order valence-corrected chi connectivity index (χ4v) is 14.3. The normalized spacial score (nSPS) is 11.8. The maximum absolute atomic E-state index is 6.88. The highest BCUT2D eigenvalue weighted by molar-refractivity contribution is 6.20. The molecule has 0 aliphatic carbocycles. The van der Waals surface area contributed by atoms with Gasteiger partial charge >= 0.3 is 0 Å². The van der Waals surface area contributed by atoms with Crippen LogP contribution in [0.2, 0.25) is 0 Å². The molecule has 0 radical (unpaired) electrons. The fourth-order valence-electron chi connectivity index (χ4n) is 14.3. The van der Waals surface area contributed by atoms with Crippen LogP contribution in [0, 0.1) is 0 Å². The average molecular weight is 1280 g/mol. The topological polar surface area (TPSA) is 130 Å². The van der Waals surface area contributed by atoms with Crippen molar-refractivity contribution in [2.75, 3.05) is 0 Å². The Kier molecular flexibility index (Phi) is 13.0. The van der Waals surface area contributed by atoms with E-state index in [1.54, 1.807) is 0 Å². The molecule has 20 rings (SSSR count). The van der Waals surface area contributed by atoms with Crippen LogP contribution < -0.4 is 0 Å². The molecular formula is C90H52N6O4. The Morgan fingerprint density at radius 1 is 0.160 bits per heavy atom. The second-order valence-electron chi connectivity index (χ2n) is 25.2. The molecule has 0 fully saturated rings. The molecule has 0 unspecified atom stereocenters. The molecule has 0 aliphatic rings.